The van der Waals surface area contributed by atoms with Gasteiger partial charge in [-0.15, -0.1) is 4.91 Å². The van der Waals surface area contributed by atoms with Gasteiger partial charge in [-0.2, -0.15) is 0 Å². The Hall–Kier alpha value is -4.53. The van der Waals surface area contributed by atoms with Gasteiger partial charge in [0.25, 0.3) is 5.91 Å². The van der Waals surface area contributed by atoms with Gasteiger partial charge in [0.15, 0.2) is 5.78 Å². The van der Waals surface area contributed by atoms with Crippen molar-refractivity contribution >= 4 is 28.9 Å². The first kappa shape index (κ1) is 31.9. The molecule has 0 spiro atoms. The number of anilines is 1. The SMILES string of the molecule is Cc1cc(CNCc2cc(N(C)C)c3c(c2O)C(O)=C2C(=O)[C@]4(N=O)C(O)=C(C(N)=O)C(=O)C(N(C)C)[C@@H]4C[C@]2(N)C3)oc1C. The molecule has 240 valence electrons. The molecule has 1 heterocycles. The summed E-state index contributed by atoms with van der Waals surface area (Å²) in [5, 5.41) is 40.8. The first-order chi connectivity index (χ1) is 21.0. The maximum atomic E-state index is 14.4. The number of likely N-dealkylation sites (N-methyl/N-ethyl adjacent to an activating group) is 1. The van der Waals surface area contributed by atoms with Gasteiger partial charge in [0.1, 0.15) is 34.4 Å². The van der Waals surface area contributed by atoms with E-state index in [-0.39, 0.29) is 30.7 Å². The molecule has 4 atom stereocenters. The van der Waals surface area contributed by atoms with Gasteiger partial charge in [-0.05, 0) is 69.2 Å². The molecule has 3 aliphatic carbocycles. The minimum absolute atomic E-state index is 0.0544. The first-order valence-electron chi connectivity index (χ1n) is 14.4. The van der Waals surface area contributed by atoms with Crippen LogP contribution in [-0.4, -0.2) is 83.0 Å². The number of hydrogen-bond donors (Lipinski definition) is 6. The zero-order valence-electron chi connectivity index (χ0n) is 26.0. The quantitative estimate of drug-likeness (QED) is 0.181. The van der Waals surface area contributed by atoms with Crippen molar-refractivity contribution in [3.05, 3.63) is 67.7 Å². The van der Waals surface area contributed by atoms with Crippen molar-refractivity contribution in [1.82, 2.24) is 10.2 Å². The third-order valence-corrected chi connectivity index (χ3v) is 9.37. The van der Waals surface area contributed by atoms with Gasteiger partial charge in [-0.25, -0.2) is 0 Å². The van der Waals surface area contributed by atoms with Crippen LogP contribution in [0, 0.1) is 24.7 Å². The molecule has 0 radical (unpaired) electrons. The first-order valence-corrected chi connectivity index (χ1v) is 14.4. The number of aryl methyl sites for hydroxylation is 2. The normalized spacial score (nSPS) is 26.1. The van der Waals surface area contributed by atoms with Crippen LogP contribution in [0.4, 0.5) is 5.69 Å². The van der Waals surface area contributed by atoms with Crippen LogP contribution < -0.4 is 21.7 Å². The Morgan fingerprint density at radius 3 is 2.33 bits per heavy atom. The Kier molecular flexibility index (Phi) is 7.67. The van der Waals surface area contributed by atoms with E-state index in [0.717, 1.165) is 11.3 Å². The van der Waals surface area contributed by atoms with E-state index in [1.165, 1.54) is 19.0 Å². The predicted molar refractivity (Wildman–Crippen MR) is 164 cm³/mol. The van der Waals surface area contributed by atoms with Gasteiger partial charge >= 0.3 is 0 Å². The highest BCUT2D eigenvalue weighted by Crippen LogP contribution is 2.56. The molecule has 5 rings (SSSR count). The number of nitrogens with zero attached hydrogens (tertiary/aromatic N) is 3. The van der Waals surface area contributed by atoms with Gasteiger partial charge in [0.2, 0.25) is 11.3 Å². The molecule has 0 aliphatic heterocycles. The summed E-state index contributed by atoms with van der Waals surface area (Å²) in [6.45, 7) is 4.31. The largest absolute Gasteiger partial charge is 0.508 e. The number of aliphatic hydroxyl groups is 2. The van der Waals surface area contributed by atoms with E-state index >= 15 is 0 Å². The molecule has 45 heavy (non-hydrogen) atoms. The zero-order valence-corrected chi connectivity index (χ0v) is 26.0. The fourth-order valence-corrected chi connectivity index (χ4v) is 7.19. The zero-order chi connectivity index (χ0) is 33.3. The number of aliphatic hydroxyl groups excluding tert-OH is 2. The van der Waals surface area contributed by atoms with E-state index in [0.29, 0.717) is 29.1 Å². The topological polar surface area (TPSA) is 225 Å². The maximum Gasteiger partial charge on any atom is 0.255 e. The number of carbonyl (C=O) groups excluding carboxylic acids is 3. The molecule has 14 heteroatoms. The highest BCUT2D eigenvalue weighted by molar-refractivity contribution is 6.25. The summed E-state index contributed by atoms with van der Waals surface area (Å²) in [5.74, 6) is -5.35. The monoisotopic (exact) mass is 622 g/mol. The van der Waals surface area contributed by atoms with Crippen LogP contribution in [0.25, 0.3) is 5.76 Å². The lowest BCUT2D eigenvalue weighted by Gasteiger charge is -2.53. The number of rotatable bonds is 8. The molecule has 3 aliphatic rings. The average molecular weight is 623 g/mol. The van der Waals surface area contributed by atoms with E-state index in [4.69, 9.17) is 15.9 Å². The summed E-state index contributed by atoms with van der Waals surface area (Å²) in [7, 11) is 6.58. The van der Waals surface area contributed by atoms with Crippen LogP contribution in [0.5, 0.6) is 5.75 Å². The third-order valence-electron chi connectivity index (χ3n) is 9.37. The molecule has 2 aromatic rings. The Labute approximate surface area is 259 Å². The fourth-order valence-electron chi connectivity index (χ4n) is 7.19. The summed E-state index contributed by atoms with van der Waals surface area (Å²) in [4.78, 5) is 56.0. The molecule has 1 fully saturated rings. The fraction of sp³-hybridized carbons (Fsp3) is 0.452. The number of nitrogens with one attached hydrogen (secondary N) is 1. The summed E-state index contributed by atoms with van der Waals surface area (Å²) in [6.07, 6.45) is -0.326. The summed E-state index contributed by atoms with van der Waals surface area (Å²) < 4.78 is 5.71. The number of primary amides is 1. The molecule has 8 N–H and O–H groups in total. The number of nitroso groups, excluding NO2 is 1. The lowest BCUT2D eigenvalue weighted by molar-refractivity contribution is -0.134. The van der Waals surface area contributed by atoms with Crippen molar-refractivity contribution in [2.45, 2.75) is 56.9 Å². The number of Topliss-reactive ketones (excluding diaryl/α,β-unsaturated/α-hetero) is 2. The standard InChI is InChI=1S/C31H38N6O8/c1-13-7-16(45-14(13)2)12-34-11-15-8-19(36(3)4)17-9-30(33)10-18-23(37(5)6)26(40)21(29(32)43)27(41)31(18,35-44)28(42)22(30)25(39)20(17)24(15)38/h7-8,18,23,34,38-39,41H,9-12,33H2,1-6H3,(H2,32,43)/t18-,23?,30+,31+/m0/s1. The smallest absolute Gasteiger partial charge is 0.255 e. The molecule has 1 amide bonds. The Morgan fingerprint density at radius 1 is 1.13 bits per heavy atom. The summed E-state index contributed by atoms with van der Waals surface area (Å²) in [6, 6.07) is 2.39. The van der Waals surface area contributed by atoms with Crippen LogP contribution >= 0.6 is 0 Å². The lowest BCUT2D eigenvalue weighted by atomic mass is 9.53. The second-order valence-electron chi connectivity index (χ2n) is 12.6. The molecule has 1 aromatic carbocycles. The van der Waals surface area contributed by atoms with E-state index in [9.17, 15) is 34.6 Å². The number of furan rings is 1. The number of phenolic OH excluding ortho intramolecular Hbond substituents is 1. The van der Waals surface area contributed by atoms with Gasteiger partial charge in [0.05, 0.1) is 29.3 Å². The summed E-state index contributed by atoms with van der Waals surface area (Å²) >= 11 is 0. The molecular formula is C31H38N6O8. The molecule has 0 bridgehead atoms. The number of hydrogen-bond acceptors (Lipinski definition) is 13. The van der Waals surface area contributed by atoms with Crippen molar-refractivity contribution in [3.8, 4) is 5.75 Å². The predicted octanol–water partition coefficient (Wildman–Crippen LogP) is 1.39. The van der Waals surface area contributed by atoms with Gasteiger partial charge in [-0.1, -0.05) is 0 Å². The Bertz CT molecular complexity index is 1700. The molecule has 1 unspecified atom stereocenters. The van der Waals surface area contributed by atoms with Crippen molar-refractivity contribution in [1.29, 1.82) is 0 Å². The molecule has 1 aromatic heterocycles. The average Bonchev–Trinajstić information content (AvgIpc) is 3.25. The van der Waals surface area contributed by atoms with Crippen LogP contribution in [-0.2, 0) is 33.9 Å². The Balaban J connectivity index is 1.68. The molecular weight excluding hydrogens is 584 g/mol. The van der Waals surface area contributed by atoms with Crippen molar-refractivity contribution in [2.75, 3.05) is 33.1 Å². The number of ketones is 2. The van der Waals surface area contributed by atoms with Crippen LogP contribution in [0.1, 0.15) is 40.2 Å². The van der Waals surface area contributed by atoms with Crippen LogP contribution in [0.15, 0.2) is 38.6 Å². The van der Waals surface area contributed by atoms with Crippen molar-refractivity contribution < 1.29 is 34.1 Å². The highest BCUT2D eigenvalue weighted by Gasteiger charge is 2.69. The number of aromatic hydroxyl groups is 1. The highest BCUT2D eigenvalue weighted by atomic mass is 16.3. The van der Waals surface area contributed by atoms with Crippen molar-refractivity contribution in [2.24, 2.45) is 22.6 Å². The summed E-state index contributed by atoms with van der Waals surface area (Å²) in [5.41, 5.74) is 9.08. The second-order valence-corrected chi connectivity index (χ2v) is 12.6. The molecule has 14 nitrogen and oxygen atoms in total. The number of fused-ring (bicyclic) bond motifs is 3. The van der Waals surface area contributed by atoms with E-state index < -0.39 is 63.2 Å². The van der Waals surface area contributed by atoms with Gasteiger partial charge in [0, 0.05) is 37.8 Å². The minimum atomic E-state index is -2.67. The lowest BCUT2D eigenvalue weighted by Crippen LogP contribution is -2.70. The maximum absolute atomic E-state index is 14.4. The molecule has 1 saturated carbocycles. The number of phenols is 1. The second kappa shape index (κ2) is 10.8. The van der Waals surface area contributed by atoms with Crippen molar-refractivity contribution in [3.63, 3.8) is 0 Å². The van der Waals surface area contributed by atoms with Gasteiger partial charge in [-0.3, -0.25) is 19.3 Å². The Morgan fingerprint density at radius 2 is 1.80 bits per heavy atom. The number of amides is 1. The number of benzene rings is 1. The number of carbonyl (C=O) groups is 3. The van der Waals surface area contributed by atoms with Crippen LogP contribution in [0.3, 0.4) is 0 Å². The van der Waals surface area contributed by atoms with E-state index in [1.54, 1.807) is 25.1 Å². The molecule has 0 saturated heterocycles. The van der Waals surface area contributed by atoms with E-state index in [1.807, 2.05) is 19.9 Å². The van der Waals surface area contributed by atoms with Crippen LogP contribution in [0.2, 0.25) is 0 Å². The van der Waals surface area contributed by atoms with E-state index in [2.05, 4.69) is 10.5 Å². The van der Waals surface area contributed by atoms with Gasteiger partial charge < -0.3 is 41.4 Å². The number of nitrogens with two attached hydrogens (primary N) is 2. The minimum Gasteiger partial charge on any atom is -0.508 e. The third kappa shape index (κ3) is 4.54.